The van der Waals surface area contributed by atoms with Crippen LogP contribution in [0.4, 0.5) is 14.5 Å². The molecule has 230 valence electrons. The van der Waals surface area contributed by atoms with Gasteiger partial charge in [0.05, 0.1) is 12.0 Å². The highest BCUT2D eigenvalue weighted by Crippen LogP contribution is 2.20. The first-order valence-corrected chi connectivity index (χ1v) is 15.0. The summed E-state index contributed by atoms with van der Waals surface area (Å²) in [4.78, 5) is 27.7. The minimum atomic E-state index is -3.96. The number of carbonyl (C=O) groups excluding carboxylic acids is 2. The largest absolute Gasteiger partial charge is 0.497 e. The van der Waals surface area contributed by atoms with Crippen LogP contribution >= 0.6 is 0 Å². The summed E-state index contributed by atoms with van der Waals surface area (Å²) in [5.74, 6) is -0.946. The minimum Gasteiger partial charge on any atom is -0.497 e. The molecule has 4 aromatic rings. The average Bonchev–Trinajstić information content (AvgIpc) is 3.03. The number of amides is 2. The van der Waals surface area contributed by atoms with Crippen molar-refractivity contribution in [1.29, 1.82) is 0 Å². The van der Waals surface area contributed by atoms with Crippen LogP contribution in [-0.4, -0.2) is 44.9 Å². The Labute approximate surface area is 254 Å². The molecule has 0 bridgehead atoms. The van der Waals surface area contributed by atoms with Crippen LogP contribution < -0.4 is 19.5 Å². The lowest BCUT2D eigenvalue weighted by molar-refractivity contribution is -0.142. The van der Waals surface area contributed by atoms with Crippen molar-refractivity contribution in [3.8, 4) is 11.5 Å². The van der Waals surface area contributed by atoms with E-state index >= 15 is 0 Å². The van der Waals surface area contributed by atoms with Gasteiger partial charge < -0.3 is 19.7 Å². The van der Waals surface area contributed by atoms with Crippen molar-refractivity contribution < 1.29 is 36.3 Å². The van der Waals surface area contributed by atoms with Gasteiger partial charge in [-0.3, -0.25) is 14.3 Å². The van der Waals surface area contributed by atoms with E-state index in [1.807, 2.05) is 12.1 Å². The zero-order valence-electron chi connectivity index (χ0n) is 24.0. The summed E-state index contributed by atoms with van der Waals surface area (Å²) in [5.41, 5.74) is 1.64. The van der Waals surface area contributed by atoms with Crippen LogP contribution in [0.2, 0.25) is 0 Å². The van der Waals surface area contributed by atoms with Gasteiger partial charge in [0.25, 0.3) is 15.9 Å². The van der Waals surface area contributed by atoms with Crippen LogP contribution in [0.3, 0.4) is 0 Å². The Bertz CT molecular complexity index is 1670. The smallest absolute Gasteiger partial charge is 0.261 e. The first-order chi connectivity index (χ1) is 21.0. The van der Waals surface area contributed by atoms with Gasteiger partial charge in [0.15, 0.2) is 6.61 Å². The molecule has 2 amide bonds. The number of hydrogen-bond donors (Lipinski definition) is 2. The number of benzene rings is 4. The van der Waals surface area contributed by atoms with Crippen molar-refractivity contribution in [3.63, 3.8) is 0 Å². The van der Waals surface area contributed by atoms with Gasteiger partial charge in [-0.25, -0.2) is 17.2 Å². The molecule has 0 spiro atoms. The Kier molecular flexibility index (Phi) is 10.5. The second-order valence-corrected chi connectivity index (χ2v) is 11.4. The first kappa shape index (κ1) is 32.0. The Morgan fingerprint density at radius 1 is 0.795 bits per heavy atom. The maximum Gasteiger partial charge on any atom is 0.261 e. The molecule has 4 rings (SSSR count). The lowest BCUT2D eigenvalue weighted by atomic mass is 10.1. The molecule has 0 aromatic heterocycles. The zero-order chi connectivity index (χ0) is 31.7. The van der Waals surface area contributed by atoms with Gasteiger partial charge in [-0.2, -0.15) is 0 Å². The number of anilines is 1. The fraction of sp³-hybridized carbons (Fsp3) is 0.188. The molecule has 0 saturated heterocycles. The van der Waals surface area contributed by atoms with Gasteiger partial charge in [-0.05, 0) is 90.8 Å². The van der Waals surface area contributed by atoms with Gasteiger partial charge in [0.2, 0.25) is 5.91 Å². The van der Waals surface area contributed by atoms with Gasteiger partial charge in [0.1, 0.15) is 29.2 Å². The molecule has 0 fully saturated rings. The molecule has 2 N–H and O–H groups in total. The molecular formula is C32H31F2N3O6S. The van der Waals surface area contributed by atoms with Crippen molar-refractivity contribution in [3.05, 3.63) is 120 Å². The number of methoxy groups -OCH3 is 1. The topological polar surface area (TPSA) is 114 Å². The Morgan fingerprint density at radius 2 is 1.34 bits per heavy atom. The molecule has 44 heavy (non-hydrogen) atoms. The van der Waals surface area contributed by atoms with E-state index < -0.39 is 46.1 Å². The maximum atomic E-state index is 13.5. The summed E-state index contributed by atoms with van der Waals surface area (Å²) in [6.45, 7) is 1.38. The van der Waals surface area contributed by atoms with E-state index in [1.165, 1.54) is 65.6 Å². The third-order valence-corrected chi connectivity index (χ3v) is 8.05. The third-order valence-electron chi connectivity index (χ3n) is 6.65. The molecule has 1 atom stereocenters. The summed E-state index contributed by atoms with van der Waals surface area (Å²) < 4.78 is 65.1. The van der Waals surface area contributed by atoms with E-state index in [2.05, 4.69) is 10.0 Å². The van der Waals surface area contributed by atoms with E-state index in [0.29, 0.717) is 11.3 Å². The van der Waals surface area contributed by atoms with E-state index in [9.17, 15) is 26.8 Å². The van der Waals surface area contributed by atoms with E-state index in [4.69, 9.17) is 9.47 Å². The number of nitrogens with zero attached hydrogens (tertiary/aromatic N) is 1. The fourth-order valence-corrected chi connectivity index (χ4v) is 5.18. The monoisotopic (exact) mass is 623 g/mol. The van der Waals surface area contributed by atoms with Crippen molar-refractivity contribution in [2.24, 2.45) is 0 Å². The zero-order valence-corrected chi connectivity index (χ0v) is 24.8. The van der Waals surface area contributed by atoms with Crippen molar-refractivity contribution >= 4 is 27.5 Å². The average molecular weight is 624 g/mol. The number of nitrogens with one attached hydrogen (secondary N) is 2. The number of rotatable bonds is 13. The summed E-state index contributed by atoms with van der Waals surface area (Å²) in [6, 6.07) is 22.1. The molecule has 0 heterocycles. The number of ether oxygens (including phenoxy) is 2. The Balaban J connectivity index is 1.41. The normalized spacial score (nSPS) is 11.7. The summed E-state index contributed by atoms with van der Waals surface area (Å²) >= 11 is 0. The predicted molar refractivity (Wildman–Crippen MR) is 160 cm³/mol. The third kappa shape index (κ3) is 8.77. The fourth-order valence-electron chi connectivity index (χ4n) is 4.12. The highest BCUT2D eigenvalue weighted by molar-refractivity contribution is 7.92. The predicted octanol–water partition coefficient (Wildman–Crippen LogP) is 4.89. The summed E-state index contributed by atoms with van der Waals surface area (Å²) in [7, 11) is -2.40. The summed E-state index contributed by atoms with van der Waals surface area (Å²) in [5, 5.41) is 2.82. The molecule has 0 aliphatic carbocycles. The molecule has 0 saturated carbocycles. The van der Waals surface area contributed by atoms with Crippen LogP contribution in [0.15, 0.2) is 102 Å². The molecule has 0 aliphatic heterocycles. The highest BCUT2D eigenvalue weighted by Gasteiger charge is 2.26. The molecule has 12 heteroatoms. The van der Waals surface area contributed by atoms with Crippen molar-refractivity contribution in [2.75, 3.05) is 18.4 Å². The molecule has 0 unspecified atom stereocenters. The van der Waals surface area contributed by atoms with Crippen LogP contribution in [0.25, 0.3) is 0 Å². The van der Waals surface area contributed by atoms with E-state index in [-0.39, 0.29) is 29.4 Å². The Hall–Kier alpha value is -4.97. The molecule has 0 aliphatic rings. The molecule has 4 aromatic carbocycles. The van der Waals surface area contributed by atoms with E-state index in [1.54, 1.807) is 26.2 Å². The Morgan fingerprint density at radius 3 is 1.93 bits per heavy atom. The van der Waals surface area contributed by atoms with Crippen LogP contribution in [0.5, 0.6) is 11.5 Å². The second kappa shape index (κ2) is 14.5. The molecule has 0 radical (unpaired) electrons. The first-order valence-electron chi connectivity index (χ1n) is 13.5. The van der Waals surface area contributed by atoms with Gasteiger partial charge >= 0.3 is 0 Å². The van der Waals surface area contributed by atoms with Crippen LogP contribution in [-0.2, 0) is 32.7 Å². The second-order valence-electron chi connectivity index (χ2n) is 9.76. The quantitative estimate of drug-likeness (QED) is 0.219. The number of carbonyl (C=O) groups is 2. The SMILES string of the molecule is COc1ccc(CNC(=O)[C@H](C)N(Cc2ccc(F)cc2)C(=O)COc2ccc(S(=O)(=O)Nc3ccc(F)cc3)cc2)cc1. The van der Waals surface area contributed by atoms with Crippen LogP contribution in [0.1, 0.15) is 18.1 Å². The maximum absolute atomic E-state index is 13.5. The lowest BCUT2D eigenvalue weighted by Gasteiger charge is -2.28. The van der Waals surface area contributed by atoms with Crippen LogP contribution in [0, 0.1) is 11.6 Å². The summed E-state index contributed by atoms with van der Waals surface area (Å²) in [6.07, 6.45) is 0. The highest BCUT2D eigenvalue weighted by atomic mass is 32.2. The minimum absolute atomic E-state index is 0.0197. The van der Waals surface area contributed by atoms with Gasteiger partial charge in [-0.15, -0.1) is 0 Å². The van der Waals surface area contributed by atoms with E-state index in [0.717, 1.165) is 17.7 Å². The number of sulfonamides is 1. The molecular weight excluding hydrogens is 592 g/mol. The number of halogens is 2. The standard InChI is InChI=1S/C32H31F2N3O6S/c1-22(32(39)35-19-23-5-13-28(42-2)14-6-23)37(20-24-3-7-25(33)8-4-24)31(38)21-43-29-15-17-30(18-16-29)44(40,41)36-27-11-9-26(34)10-12-27/h3-18,22,36H,19-21H2,1-2H3,(H,35,39)/t22-/m0/s1. The van der Waals surface area contributed by atoms with Crippen molar-refractivity contribution in [2.45, 2.75) is 31.0 Å². The number of hydrogen-bond acceptors (Lipinski definition) is 6. The van der Waals surface area contributed by atoms with Gasteiger partial charge in [-0.1, -0.05) is 24.3 Å². The lowest BCUT2D eigenvalue weighted by Crippen LogP contribution is -2.48. The van der Waals surface area contributed by atoms with Gasteiger partial charge in [0, 0.05) is 18.8 Å². The van der Waals surface area contributed by atoms with Crippen molar-refractivity contribution in [1.82, 2.24) is 10.2 Å². The molecule has 9 nitrogen and oxygen atoms in total.